The highest BCUT2D eigenvalue weighted by atomic mass is 16.7. The minimum Gasteiger partial charge on any atom is -0.454 e. The van der Waals surface area contributed by atoms with Crippen LogP contribution in [0.1, 0.15) is 188 Å². The van der Waals surface area contributed by atoms with E-state index in [0.29, 0.717) is 12.8 Å². The second kappa shape index (κ2) is 51.3. The van der Waals surface area contributed by atoms with Crippen LogP contribution in [0, 0.1) is 0 Å². The summed E-state index contributed by atoms with van der Waals surface area (Å²) in [5.41, 5.74) is 0. The minimum atomic E-state index is -1.65. The quantitative estimate of drug-likeness (QED) is 0.0149. The Hall–Kier alpha value is -4.46. The molecule has 428 valence electrons. The third-order valence-electron chi connectivity index (χ3n) is 12.6. The van der Waals surface area contributed by atoms with Gasteiger partial charge < -0.3 is 45.1 Å². The number of hydrogen-bond donors (Lipinski definition) is 6. The summed E-state index contributed by atoms with van der Waals surface area (Å²) in [6.07, 6.45) is 63.1. The van der Waals surface area contributed by atoms with Crippen molar-refractivity contribution in [2.75, 3.05) is 13.2 Å². The van der Waals surface area contributed by atoms with Gasteiger partial charge in [-0.1, -0.05) is 237 Å². The zero-order valence-electron chi connectivity index (χ0n) is 47.1. The Morgan fingerprint density at radius 3 is 1.58 bits per heavy atom. The lowest BCUT2D eigenvalue weighted by molar-refractivity contribution is -0.305. The molecule has 8 unspecified atom stereocenters. The van der Waals surface area contributed by atoms with Crippen molar-refractivity contribution in [3.63, 3.8) is 0 Å². The normalized spacial score (nSPS) is 20.2. The molecule has 8 atom stereocenters. The van der Waals surface area contributed by atoms with Gasteiger partial charge in [-0.2, -0.15) is 0 Å². The van der Waals surface area contributed by atoms with Gasteiger partial charge in [0, 0.05) is 6.42 Å². The maximum Gasteiger partial charge on any atom is 0.306 e. The molecule has 11 nitrogen and oxygen atoms in total. The van der Waals surface area contributed by atoms with Crippen LogP contribution >= 0.6 is 0 Å². The van der Waals surface area contributed by atoms with E-state index in [1.807, 2.05) is 72.9 Å². The molecule has 1 saturated heterocycles. The molecular weight excluding hydrogens is 955 g/mol. The number of carbonyl (C=O) groups is 2. The van der Waals surface area contributed by atoms with E-state index >= 15 is 0 Å². The van der Waals surface area contributed by atoms with Crippen molar-refractivity contribution in [1.82, 2.24) is 5.32 Å². The molecule has 0 aromatic carbocycles. The van der Waals surface area contributed by atoms with Gasteiger partial charge in [0.05, 0.1) is 25.4 Å². The zero-order chi connectivity index (χ0) is 55.4. The molecule has 11 heteroatoms. The number of nitrogens with one attached hydrogen (secondary N) is 1. The topological polar surface area (TPSA) is 175 Å². The lowest BCUT2D eigenvalue weighted by Gasteiger charge is -2.41. The van der Waals surface area contributed by atoms with Crippen LogP contribution in [0.4, 0.5) is 0 Å². The Bertz CT molecular complexity index is 1790. The van der Waals surface area contributed by atoms with Crippen molar-refractivity contribution in [1.29, 1.82) is 0 Å². The average molecular weight is 1060 g/mol. The van der Waals surface area contributed by atoms with Crippen molar-refractivity contribution >= 4 is 11.9 Å². The summed E-state index contributed by atoms with van der Waals surface area (Å²) in [7, 11) is 0. The predicted molar refractivity (Wildman–Crippen MR) is 314 cm³/mol. The average Bonchev–Trinajstić information content (AvgIpc) is 3.42. The van der Waals surface area contributed by atoms with Crippen LogP contribution in [-0.2, 0) is 23.8 Å². The highest BCUT2D eigenvalue weighted by Gasteiger charge is 2.47. The summed E-state index contributed by atoms with van der Waals surface area (Å²) in [4.78, 5) is 26.5. The minimum absolute atomic E-state index is 0.0689. The van der Waals surface area contributed by atoms with Gasteiger partial charge in [0.2, 0.25) is 5.91 Å². The maximum atomic E-state index is 13.4. The molecule has 0 bridgehead atoms. The lowest BCUT2D eigenvalue weighted by Crippen LogP contribution is -2.61. The van der Waals surface area contributed by atoms with Gasteiger partial charge in [-0.15, -0.1) is 0 Å². The molecule has 1 aliphatic heterocycles. The van der Waals surface area contributed by atoms with Crippen LogP contribution in [0.2, 0.25) is 0 Å². The Kier molecular flexibility index (Phi) is 47.0. The number of hydrogen-bond acceptors (Lipinski definition) is 10. The fourth-order valence-corrected chi connectivity index (χ4v) is 8.06. The highest BCUT2D eigenvalue weighted by molar-refractivity contribution is 5.80. The molecule has 1 rings (SSSR count). The smallest absolute Gasteiger partial charge is 0.306 e. The highest BCUT2D eigenvalue weighted by Crippen LogP contribution is 2.26. The van der Waals surface area contributed by atoms with E-state index in [2.05, 4.69) is 92.9 Å². The number of esters is 1. The van der Waals surface area contributed by atoms with Crippen LogP contribution in [0.5, 0.6) is 0 Å². The third kappa shape index (κ3) is 39.0. The Morgan fingerprint density at radius 1 is 0.539 bits per heavy atom. The molecule has 0 aromatic rings. The molecular formula is C65H103NO10. The molecule has 0 aliphatic carbocycles. The first-order valence-corrected chi connectivity index (χ1v) is 29.2. The summed E-state index contributed by atoms with van der Waals surface area (Å²) >= 11 is 0. The van der Waals surface area contributed by atoms with E-state index in [-0.39, 0.29) is 19.4 Å². The van der Waals surface area contributed by atoms with E-state index in [1.165, 1.54) is 44.9 Å². The van der Waals surface area contributed by atoms with Crippen molar-refractivity contribution in [2.45, 2.75) is 237 Å². The van der Waals surface area contributed by atoms with Gasteiger partial charge in [0.15, 0.2) is 12.4 Å². The number of carbonyl (C=O) groups excluding carboxylic acids is 2. The number of aliphatic hydroxyl groups is 5. The number of rotatable bonds is 46. The molecule has 1 fully saturated rings. The van der Waals surface area contributed by atoms with E-state index in [9.17, 15) is 35.1 Å². The summed E-state index contributed by atoms with van der Waals surface area (Å²) in [6, 6.07) is -1.07. The summed E-state index contributed by atoms with van der Waals surface area (Å²) in [5.74, 6) is -1.29. The van der Waals surface area contributed by atoms with Gasteiger partial charge in [-0.3, -0.25) is 9.59 Å². The van der Waals surface area contributed by atoms with Crippen molar-refractivity contribution < 1.29 is 49.3 Å². The van der Waals surface area contributed by atoms with Gasteiger partial charge >= 0.3 is 5.97 Å². The first-order chi connectivity index (χ1) is 37.2. The Labute approximate surface area is 460 Å². The number of ether oxygens (including phenoxy) is 3. The fourth-order valence-electron chi connectivity index (χ4n) is 8.06. The molecule has 0 radical (unpaired) electrons. The molecule has 0 saturated carbocycles. The van der Waals surface area contributed by atoms with Gasteiger partial charge in [-0.05, 0) is 89.9 Å². The van der Waals surface area contributed by atoms with Crippen molar-refractivity contribution in [3.05, 3.63) is 146 Å². The molecule has 0 spiro atoms. The van der Waals surface area contributed by atoms with Crippen molar-refractivity contribution in [3.8, 4) is 0 Å². The number of aliphatic hydroxyl groups excluding tert-OH is 5. The summed E-state index contributed by atoms with van der Waals surface area (Å²) in [5, 5.41) is 56.8. The van der Waals surface area contributed by atoms with E-state index in [0.717, 1.165) is 96.3 Å². The van der Waals surface area contributed by atoms with Crippen molar-refractivity contribution in [2.24, 2.45) is 0 Å². The standard InChI is InChI=1S/C65H103NO10/c1-4-7-10-13-16-19-22-25-27-29-30-31-33-35-38-41-44-47-50-53-60(70)76-63-62(72)61(71)59(54-67)75-65(63)74-55-56(57(68)51-48-45-42-39-36-24-21-18-15-12-9-6-3)66-64(73)58(69)52-49-46-43-40-37-34-32-28-26-23-20-17-14-11-8-5-2/h7-8,10-11,14,16-17,19-20,23,25-28,30-32,34-35,37-38,40,48,51,56-59,61-63,65,67-69,71-72H,4-6,9,12-13,15,18,21-22,24,29,33,36,39,41-47,49-50,52-55H2,1-3H3,(H,66,73)/b10-7-,11-8-,17-14+,19-16-,23-20+,27-25-,28-26-,31-30-,34-32+,38-35-,40-37+,51-48+. The second-order valence-electron chi connectivity index (χ2n) is 19.4. The predicted octanol–water partition coefficient (Wildman–Crippen LogP) is 13.4. The number of amides is 1. The van der Waals surface area contributed by atoms with Crippen LogP contribution in [0.3, 0.4) is 0 Å². The third-order valence-corrected chi connectivity index (χ3v) is 12.6. The van der Waals surface area contributed by atoms with Crippen LogP contribution in [-0.4, -0.2) is 99.6 Å². The largest absolute Gasteiger partial charge is 0.454 e. The van der Waals surface area contributed by atoms with E-state index in [4.69, 9.17) is 14.2 Å². The zero-order valence-corrected chi connectivity index (χ0v) is 47.1. The molecule has 6 N–H and O–H groups in total. The van der Waals surface area contributed by atoms with Crippen LogP contribution in [0.25, 0.3) is 0 Å². The molecule has 0 aromatic heterocycles. The molecule has 1 aliphatic rings. The van der Waals surface area contributed by atoms with Gasteiger partial charge in [0.25, 0.3) is 0 Å². The van der Waals surface area contributed by atoms with Crippen LogP contribution < -0.4 is 5.32 Å². The monoisotopic (exact) mass is 1060 g/mol. The first-order valence-electron chi connectivity index (χ1n) is 29.2. The van der Waals surface area contributed by atoms with E-state index in [1.54, 1.807) is 6.08 Å². The molecule has 76 heavy (non-hydrogen) atoms. The molecule has 1 heterocycles. The van der Waals surface area contributed by atoms with Gasteiger partial charge in [0.1, 0.15) is 24.4 Å². The van der Waals surface area contributed by atoms with E-state index < -0.39 is 67.4 Å². The number of unbranched alkanes of at least 4 members (excludes halogenated alkanes) is 15. The second-order valence-corrected chi connectivity index (χ2v) is 19.4. The van der Waals surface area contributed by atoms with Crippen LogP contribution in [0.15, 0.2) is 146 Å². The summed E-state index contributed by atoms with van der Waals surface area (Å²) < 4.78 is 17.5. The Balaban J connectivity index is 2.79. The maximum absolute atomic E-state index is 13.4. The first kappa shape index (κ1) is 69.6. The number of allylic oxidation sites excluding steroid dienone is 23. The Morgan fingerprint density at radius 2 is 1.01 bits per heavy atom. The SMILES string of the molecule is CC\C=C/C=C/C=C/C=C\C=C\C=C\CCCCC(O)C(=O)NC(COC1OC(CO)C(O)C(O)C1OC(=O)CCCCC/C=C\C/C=C\C/C=C\C/C=C\C/C=C\CC)C(O)/C=C/CCCCCCCCCCCC. The lowest BCUT2D eigenvalue weighted by atomic mass is 9.99. The van der Waals surface area contributed by atoms with Gasteiger partial charge in [-0.25, -0.2) is 0 Å². The fraction of sp³-hybridized carbons (Fsp3) is 0.600. The summed E-state index contributed by atoms with van der Waals surface area (Å²) in [6.45, 7) is 5.45. The molecule has 1 amide bonds.